The van der Waals surface area contributed by atoms with E-state index in [0.717, 1.165) is 31.3 Å². The largest absolute Gasteiger partial charge is 0.490 e. The molecule has 0 amide bonds. The van der Waals surface area contributed by atoms with Gasteiger partial charge in [0.05, 0.1) is 6.61 Å². The molecule has 0 saturated heterocycles. The minimum atomic E-state index is -0.989. The van der Waals surface area contributed by atoms with E-state index in [1.165, 1.54) is 6.07 Å². The summed E-state index contributed by atoms with van der Waals surface area (Å²) in [4.78, 5) is 0. The lowest BCUT2D eigenvalue weighted by Gasteiger charge is -2.27. The van der Waals surface area contributed by atoms with Gasteiger partial charge in [-0.1, -0.05) is 50.1 Å². The Morgan fingerprint density at radius 3 is 2.21 bits per heavy atom. The van der Waals surface area contributed by atoms with Crippen LogP contribution < -0.4 is 4.74 Å². The van der Waals surface area contributed by atoms with Gasteiger partial charge in [-0.15, -0.1) is 6.58 Å². The number of halogens is 4. The third kappa shape index (κ3) is 5.08. The Morgan fingerprint density at radius 1 is 0.853 bits per heavy atom. The minimum Gasteiger partial charge on any atom is -0.490 e. The van der Waals surface area contributed by atoms with Crippen molar-refractivity contribution in [1.82, 2.24) is 0 Å². The standard InChI is InChI=1S/C29H32F4O/c1-3-4-17-34-25-16-15-24(28(32)29(25)33)21-11-9-20(10-12-21)23-14-13-22(26(30)27(23)31)19-7-5-18(2)6-8-19/h3,9,13-16,18-19,21H,1,4-8,10-12,17H2,2H3. The Balaban J connectivity index is 1.48. The Hall–Kier alpha value is -2.56. The molecular weight excluding hydrogens is 440 g/mol. The maximum Gasteiger partial charge on any atom is 0.200 e. The van der Waals surface area contributed by atoms with Crippen molar-refractivity contribution in [1.29, 1.82) is 0 Å². The monoisotopic (exact) mass is 472 g/mol. The van der Waals surface area contributed by atoms with E-state index >= 15 is 4.39 Å². The molecule has 182 valence electrons. The molecule has 2 aromatic carbocycles. The lowest BCUT2D eigenvalue weighted by molar-refractivity contribution is 0.300. The van der Waals surface area contributed by atoms with Gasteiger partial charge in [-0.2, -0.15) is 4.39 Å². The molecule has 0 radical (unpaired) electrons. The van der Waals surface area contributed by atoms with Crippen molar-refractivity contribution in [3.8, 4) is 5.75 Å². The molecule has 0 spiro atoms. The Kier molecular flexibility index (Phi) is 7.80. The van der Waals surface area contributed by atoms with Crippen LogP contribution in [0.25, 0.3) is 5.57 Å². The molecule has 0 aromatic heterocycles. The van der Waals surface area contributed by atoms with E-state index in [4.69, 9.17) is 4.74 Å². The third-order valence-corrected chi connectivity index (χ3v) is 7.42. The second-order valence-corrected chi connectivity index (χ2v) is 9.69. The quantitative estimate of drug-likeness (QED) is 0.222. The average molecular weight is 473 g/mol. The lowest BCUT2D eigenvalue weighted by atomic mass is 9.78. The lowest BCUT2D eigenvalue weighted by Crippen LogP contribution is -2.13. The number of hydrogen-bond donors (Lipinski definition) is 0. The van der Waals surface area contributed by atoms with Gasteiger partial charge >= 0.3 is 0 Å². The molecule has 1 saturated carbocycles. The normalized spacial score (nSPS) is 22.9. The van der Waals surface area contributed by atoms with Gasteiger partial charge in [-0.3, -0.25) is 0 Å². The van der Waals surface area contributed by atoms with Crippen LogP contribution in [0.5, 0.6) is 5.75 Å². The van der Waals surface area contributed by atoms with Crippen molar-refractivity contribution < 1.29 is 22.3 Å². The molecule has 0 bridgehead atoms. The van der Waals surface area contributed by atoms with Crippen LogP contribution >= 0.6 is 0 Å². The summed E-state index contributed by atoms with van der Waals surface area (Å²) >= 11 is 0. The van der Waals surface area contributed by atoms with Crippen molar-refractivity contribution in [3.05, 3.63) is 83.0 Å². The third-order valence-electron chi connectivity index (χ3n) is 7.42. The molecule has 1 fully saturated rings. The van der Waals surface area contributed by atoms with Crippen LogP contribution in [0.4, 0.5) is 17.6 Å². The summed E-state index contributed by atoms with van der Waals surface area (Å²) in [6.45, 7) is 6.01. The van der Waals surface area contributed by atoms with Crippen LogP contribution in [-0.2, 0) is 0 Å². The zero-order valence-corrected chi connectivity index (χ0v) is 19.7. The van der Waals surface area contributed by atoms with E-state index in [9.17, 15) is 13.2 Å². The summed E-state index contributed by atoms with van der Waals surface area (Å²) < 4.78 is 64.5. The van der Waals surface area contributed by atoms with Crippen LogP contribution in [-0.4, -0.2) is 6.61 Å². The second kappa shape index (κ2) is 10.8. The molecular formula is C29H32F4O. The molecule has 1 atom stereocenters. The number of hydrogen-bond acceptors (Lipinski definition) is 1. The van der Waals surface area contributed by atoms with Crippen LogP contribution in [0.1, 0.15) is 86.8 Å². The first kappa shape index (κ1) is 24.6. The van der Waals surface area contributed by atoms with Gasteiger partial charge in [0.1, 0.15) is 0 Å². The minimum absolute atomic E-state index is 0.0751. The first-order chi connectivity index (χ1) is 16.4. The van der Waals surface area contributed by atoms with Gasteiger partial charge in [-0.05, 0) is 79.0 Å². The molecule has 1 unspecified atom stereocenters. The number of allylic oxidation sites excluding steroid dienone is 2. The van der Waals surface area contributed by atoms with Gasteiger partial charge in [0.2, 0.25) is 5.82 Å². The fourth-order valence-corrected chi connectivity index (χ4v) is 5.29. The SMILES string of the molecule is C=CCCOc1ccc(C2CC=C(c3ccc(C4CCC(C)CC4)c(F)c3F)CC2)c(F)c1F. The highest BCUT2D eigenvalue weighted by Gasteiger charge is 2.28. The molecule has 0 aliphatic heterocycles. The van der Waals surface area contributed by atoms with Gasteiger partial charge in [0, 0.05) is 5.56 Å². The average Bonchev–Trinajstić information content (AvgIpc) is 2.85. The van der Waals surface area contributed by atoms with Gasteiger partial charge in [0.15, 0.2) is 23.2 Å². The van der Waals surface area contributed by atoms with Gasteiger partial charge in [-0.25, -0.2) is 13.2 Å². The van der Waals surface area contributed by atoms with Crippen LogP contribution in [0.3, 0.4) is 0 Å². The second-order valence-electron chi connectivity index (χ2n) is 9.69. The first-order valence-electron chi connectivity index (χ1n) is 12.3. The van der Waals surface area contributed by atoms with E-state index in [-0.39, 0.29) is 35.3 Å². The fourth-order valence-electron chi connectivity index (χ4n) is 5.29. The van der Waals surface area contributed by atoms with Gasteiger partial charge in [0.25, 0.3) is 0 Å². The summed E-state index contributed by atoms with van der Waals surface area (Å²) in [5.41, 5.74) is 1.77. The van der Waals surface area contributed by atoms with E-state index in [2.05, 4.69) is 13.5 Å². The van der Waals surface area contributed by atoms with Gasteiger partial charge < -0.3 is 4.74 Å². The predicted molar refractivity (Wildman–Crippen MR) is 128 cm³/mol. The number of rotatable bonds is 7. The van der Waals surface area contributed by atoms with Crippen molar-refractivity contribution >= 4 is 5.57 Å². The fraction of sp³-hybridized carbons (Fsp3) is 0.448. The Labute approximate surface area is 199 Å². The van der Waals surface area contributed by atoms with Crippen LogP contribution in [0.15, 0.2) is 43.0 Å². The topological polar surface area (TPSA) is 9.23 Å². The van der Waals surface area contributed by atoms with Crippen LogP contribution in [0, 0.1) is 29.2 Å². The Morgan fingerprint density at radius 2 is 1.53 bits per heavy atom. The smallest absolute Gasteiger partial charge is 0.200 e. The van der Waals surface area contributed by atoms with Crippen molar-refractivity contribution in [2.24, 2.45) is 5.92 Å². The highest BCUT2D eigenvalue weighted by atomic mass is 19.2. The molecule has 0 heterocycles. The van der Waals surface area contributed by atoms with Crippen molar-refractivity contribution in [3.63, 3.8) is 0 Å². The summed E-state index contributed by atoms with van der Waals surface area (Å²) in [6.07, 6.45) is 9.32. The first-order valence-corrected chi connectivity index (χ1v) is 12.3. The van der Waals surface area contributed by atoms with E-state index in [0.29, 0.717) is 37.2 Å². The van der Waals surface area contributed by atoms with E-state index in [1.54, 1.807) is 24.3 Å². The van der Waals surface area contributed by atoms with Crippen molar-refractivity contribution in [2.75, 3.05) is 6.61 Å². The summed E-state index contributed by atoms with van der Waals surface area (Å²) in [5.74, 6) is -3.04. The number of ether oxygens (including phenoxy) is 1. The molecule has 2 aliphatic rings. The molecule has 4 rings (SSSR count). The molecule has 5 heteroatoms. The highest BCUT2D eigenvalue weighted by molar-refractivity contribution is 5.67. The Bertz CT molecular complexity index is 1070. The number of benzene rings is 2. The van der Waals surface area contributed by atoms with Crippen LogP contribution in [0.2, 0.25) is 0 Å². The molecule has 1 nitrogen and oxygen atoms in total. The summed E-state index contributed by atoms with van der Waals surface area (Å²) in [6, 6.07) is 6.44. The molecule has 34 heavy (non-hydrogen) atoms. The van der Waals surface area contributed by atoms with E-state index in [1.807, 2.05) is 6.08 Å². The predicted octanol–water partition coefficient (Wildman–Crippen LogP) is 8.84. The maximum absolute atomic E-state index is 15.0. The summed E-state index contributed by atoms with van der Waals surface area (Å²) in [7, 11) is 0. The zero-order valence-electron chi connectivity index (χ0n) is 19.7. The molecule has 2 aromatic rings. The zero-order chi connectivity index (χ0) is 24.2. The highest BCUT2D eigenvalue weighted by Crippen LogP contribution is 2.41. The van der Waals surface area contributed by atoms with Crippen molar-refractivity contribution in [2.45, 2.75) is 70.1 Å². The maximum atomic E-state index is 15.0. The molecule has 0 N–H and O–H groups in total. The summed E-state index contributed by atoms with van der Waals surface area (Å²) in [5, 5.41) is 0. The van der Waals surface area contributed by atoms with E-state index < -0.39 is 23.3 Å². The molecule has 2 aliphatic carbocycles.